The highest BCUT2D eigenvalue weighted by Gasteiger charge is 2.13. The fraction of sp³-hybridized carbons (Fsp3) is 0.538. The Bertz CT molecular complexity index is 317. The summed E-state index contributed by atoms with van der Waals surface area (Å²) in [4.78, 5) is 0. The van der Waals surface area contributed by atoms with Gasteiger partial charge in [0, 0.05) is 5.56 Å². The zero-order chi connectivity index (χ0) is 11.6. The molecule has 84 valence electrons. The first-order valence-electron chi connectivity index (χ1n) is 5.39. The van der Waals surface area contributed by atoms with Gasteiger partial charge in [-0.05, 0) is 36.0 Å². The molecule has 0 aromatic heterocycles. The molecule has 0 atom stereocenters. The van der Waals surface area contributed by atoms with Gasteiger partial charge >= 0.3 is 0 Å². The van der Waals surface area contributed by atoms with E-state index in [2.05, 4.69) is 0 Å². The van der Waals surface area contributed by atoms with E-state index in [1.54, 1.807) is 0 Å². The molecule has 0 aliphatic heterocycles. The minimum absolute atomic E-state index is 0.155. The molecule has 0 heterocycles. The van der Waals surface area contributed by atoms with E-state index in [4.69, 9.17) is 0 Å². The lowest BCUT2D eigenvalue weighted by Gasteiger charge is -2.11. The summed E-state index contributed by atoms with van der Waals surface area (Å²) < 4.78 is 27.2. The van der Waals surface area contributed by atoms with E-state index >= 15 is 0 Å². The van der Waals surface area contributed by atoms with Crippen molar-refractivity contribution in [1.82, 2.24) is 0 Å². The Kier molecular flexibility index (Phi) is 3.83. The van der Waals surface area contributed by atoms with Crippen molar-refractivity contribution in [3.63, 3.8) is 0 Å². The van der Waals surface area contributed by atoms with Gasteiger partial charge in [-0.3, -0.25) is 0 Å². The molecule has 2 heteroatoms. The summed E-state index contributed by atoms with van der Waals surface area (Å²) in [7, 11) is 0. The molecule has 1 rings (SSSR count). The molecule has 0 aliphatic carbocycles. The van der Waals surface area contributed by atoms with Crippen LogP contribution in [0.15, 0.2) is 12.1 Å². The van der Waals surface area contributed by atoms with Gasteiger partial charge in [0.15, 0.2) is 0 Å². The van der Waals surface area contributed by atoms with Crippen molar-refractivity contribution in [2.75, 3.05) is 0 Å². The molecule has 0 N–H and O–H groups in total. The number of hydrogen-bond acceptors (Lipinski definition) is 0. The summed E-state index contributed by atoms with van der Waals surface area (Å²) in [6.07, 6.45) is 0.454. The summed E-state index contributed by atoms with van der Waals surface area (Å²) in [5, 5.41) is 0. The molecule has 0 radical (unpaired) electrons. The molecular formula is C13H18F2. The molecule has 0 saturated carbocycles. The predicted molar refractivity (Wildman–Crippen MR) is 59.0 cm³/mol. The van der Waals surface area contributed by atoms with Crippen molar-refractivity contribution >= 4 is 0 Å². The largest absolute Gasteiger partial charge is 0.207 e. The SMILES string of the molecule is CC(C)Cc1c(F)cc(C(C)C)cc1F. The second-order valence-electron chi connectivity index (χ2n) is 4.72. The monoisotopic (exact) mass is 212 g/mol. The van der Waals surface area contributed by atoms with Gasteiger partial charge in [0.1, 0.15) is 11.6 Å². The van der Waals surface area contributed by atoms with Crippen LogP contribution in [-0.2, 0) is 6.42 Å². The lowest BCUT2D eigenvalue weighted by molar-refractivity contribution is 0.521. The van der Waals surface area contributed by atoms with Gasteiger partial charge in [-0.1, -0.05) is 27.7 Å². The van der Waals surface area contributed by atoms with E-state index in [0.717, 1.165) is 5.56 Å². The van der Waals surface area contributed by atoms with Crippen LogP contribution >= 0.6 is 0 Å². The Balaban J connectivity index is 3.10. The van der Waals surface area contributed by atoms with Crippen LogP contribution in [0.3, 0.4) is 0 Å². The van der Waals surface area contributed by atoms with Crippen molar-refractivity contribution in [2.45, 2.75) is 40.0 Å². The highest BCUT2D eigenvalue weighted by Crippen LogP contribution is 2.23. The maximum atomic E-state index is 13.6. The van der Waals surface area contributed by atoms with E-state index < -0.39 is 11.6 Å². The Labute approximate surface area is 90.3 Å². The highest BCUT2D eigenvalue weighted by atomic mass is 19.1. The minimum Gasteiger partial charge on any atom is -0.207 e. The van der Waals surface area contributed by atoms with Gasteiger partial charge in [-0.15, -0.1) is 0 Å². The number of benzene rings is 1. The first kappa shape index (κ1) is 12.2. The topological polar surface area (TPSA) is 0 Å². The maximum absolute atomic E-state index is 13.6. The first-order valence-corrected chi connectivity index (χ1v) is 5.39. The van der Waals surface area contributed by atoms with Crippen molar-refractivity contribution in [2.24, 2.45) is 5.92 Å². The second-order valence-corrected chi connectivity index (χ2v) is 4.72. The van der Waals surface area contributed by atoms with E-state index in [-0.39, 0.29) is 17.4 Å². The second kappa shape index (κ2) is 4.73. The minimum atomic E-state index is -0.410. The van der Waals surface area contributed by atoms with Crippen molar-refractivity contribution in [1.29, 1.82) is 0 Å². The molecule has 0 amide bonds. The quantitative estimate of drug-likeness (QED) is 0.701. The lowest BCUT2D eigenvalue weighted by atomic mass is 9.96. The Hall–Kier alpha value is -0.920. The zero-order valence-corrected chi connectivity index (χ0v) is 9.77. The third-order valence-corrected chi connectivity index (χ3v) is 2.44. The number of rotatable bonds is 3. The fourth-order valence-corrected chi connectivity index (χ4v) is 1.56. The summed E-state index contributed by atoms with van der Waals surface area (Å²) in [5.41, 5.74) is 0.937. The fourth-order valence-electron chi connectivity index (χ4n) is 1.56. The molecular weight excluding hydrogens is 194 g/mol. The average Bonchev–Trinajstić information content (AvgIpc) is 2.10. The molecule has 15 heavy (non-hydrogen) atoms. The van der Waals surface area contributed by atoms with Gasteiger partial charge in [-0.25, -0.2) is 8.78 Å². The van der Waals surface area contributed by atoms with Gasteiger partial charge in [0.2, 0.25) is 0 Å². The normalized spacial score (nSPS) is 11.5. The van der Waals surface area contributed by atoms with Crippen molar-refractivity contribution < 1.29 is 8.78 Å². The van der Waals surface area contributed by atoms with Crippen LogP contribution in [-0.4, -0.2) is 0 Å². The molecule has 0 aliphatic rings. The zero-order valence-electron chi connectivity index (χ0n) is 9.77. The van der Waals surface area contributed by atoms with Crippen LogP contribution in [0.25, 0.3) is 0 Å². The maximum Gasteiger partial charge on any atom is 0.129 e. The Morgan fingerprint density at radius 1 is 1.00 bits per heavy atom. The van der Waals surface area contributed by atoms with Crippen molar-refractivity contribution in [3.05, 3.63) is 34.9 Å². The van der Waals surface area contributed by atoms with E-state index in [0.29, 0.717) is 6.42 Å². The van der Waals surface area contributed by atoms with Gasteiger partial charge in [0.25, 0.3) is 0 Å². The van der Waals surface area contributed by atoms with Crippen LogP contribution in [0.1, 0.15) is 44.7 Å². The Morgan fingerprint density at radius 2 is 1.47 bits per heavy atom. The van der Waals surface area contributed by atoms with Gasteiger partial charge in [-0.2, -0.15) is 0 Å². The molecule has 0 fully saturated rings. The van der Waals surface area contributed by atoms with Crippen LogP contribution < -0.4 is 0 Å². The van der Waals surface area contributed by atoms with E-state index in [1.165, 1.54) is 12.1 Å². The number of hydrogen-bond donors (Lipinski definition) is 0. The third-order valence-electron chi connectivity index (χ3n) is 2.44. The predicted octanol–water partition coefficient (Wildman–Crippen LogP) is 4.29. The first-order chi connectivity index (χ1) is 6.91. The summed E-state index contributed by atoms with van der Waals surface area (Å²) in [5.74, 6) is -0.402. The standard InChI is InChI=1S/C13H18F2/c1-8(2)5-11-12(14)6-10(9(3)4)7-13(11)15/h6-9H,5H2,1-4H3. The van der Waals surface area contributed by atoms with Crippen LogP contribution in [0.2, 0.25) is 0 Å². The van der Waals surface area contributed by atoms with E-state index in [9.17, 15) is 8.78 Å². The van der Waals surface area contributed by atoms with Crippen LogP contribution in [0, 0.1) is 17.6 Å². The lowest BCUT2D eigenvalue weighted by Crippen LogP contribution is -2.03. The van der Waals surface area contributed by atoms with Gasteiger partial charge in [0.05, 0.1) is 0 Å². The molecule has 0 nitrogen and oxygen atoms in total. The average molecular weight is 212 g/mol. The molecule has 0 unspecified atom stereocenters. The van der Waals surface area contributed by atoms with Crippen LogP contribution in [0.5, 0.6) is 0 Å². The molecule has 0 saturated heterocycles. The molecule has 1 aromatic carbocycles. The summed E-state index contributed by atoms with van der Waals surface area (Å²) in [6.45, 7) is 7.76. The Morgan fingerprint density at radius 3 is 1.80 bits per heavy atom. The smallest absolute Gasteiger partial charge is 0.129 e. The molecule has 1 aromatic rings. The van der Waals surface area contributed by atoms with E-state index in [1.807, 2.05) is 27.7 Å². The number of halogens is 2. The summed E-state index contributed by atoms with van der Waals surface area (Å²) in [6, 6.07) is 2.90. The van der Waals surface area contributed by atoms with Gasteiger partial charge < -0.3 is 0 Å². The summed E-state index contributed by atoms with van der Waals surface area (Å²) >= 11 is 0. The van der Waals surface area contributed by atoms with Crippen LogP contribution in [0.4, 0.5) is 8.78 Å². The highest BCUT2D eigenvalue weighted by molar-refractivity contribution is 5.28. The van der Waals surface area contributed by atoms with Crippen molar-refractivity contribution in [3.8, 4) is 0 Å². The molecule has 0 bridgehead atoms. The third kappa shape index (κ3) is 3.01. The molecule has 0 spiro atoms.